The number of carboxylic acids is 1. The molecule has 2 atom stereocenters. The van der Waals surface area contributed by atoms with Crippen LogP contribution in [0.15, 0.2) is 54.6 Å². The minimum atomic E-state index is -0.801. The zero-order valence-electron chi connectivity index (χ0n) is 21.5. The predicted octanol–water partition coefficient (Wildman–Crippen LogP) is 5.90. The maximum absolute atomic E-state index is 13.3. The van der Waals surface area contributed by atoms with Gasteiger partial charge in [-0.2, -0.15) is 0 Å². The number of rotatable bonds is 8. The topological polar surface area (TPSA) is 81.1 Å². The molecule has 1 fully saturated rings. The molecule has 0 bridgehead atoms. The number of anilines is 1. The molecule has 0 unspecified atom stereocenters. The summed E-state index contributed by atoms with van der Waals surface area (Å²) in [4.78, 5) is 29.3. The Balaban J connectivity index is 1.91. The molecule has 2 aromatic carbocycles. The molecule has 35 heavy (non-hydrogen) atoms. The Bertz CT molecular complexity index is 984. The van der Waals surface area contributed by atoms with Crippen LogP contribution in [0.25, 0.3) is 0 Å². The summed E-state index contributed by atoms with van der Waals surface area (Å²) in [5.41, 5.74) is 1.65. The van der Waals surface area contributed by atoms with Crippen molar-refractivity contribution in [3.8, 4) is 0 Å². The number of carbonyl (C=O) groups is 2. The van der Waals surface area contributed by atoms with Gasteiger partial charge in [0.2, 0.25) is 0 Å². The van der Waals surface area contributed by atoms with Gasteiger partial charge in [0.15, 0.2) is 0 Å². The van der Waals surface area contributed by atoms with Crippen LogP contribution in [0, 0.1) is 10.8 Å². The lowest BCUT2D eigenvalue weighted by Gasteiger charge is -2.49. The van der Waals surface area contributed by atoms with E-state index in [1.807, 2.05) is 82.3 Å². The summed E-state index contributed by atoms with van der Waals surface area (Å²) in [6, 6.07) is 17.5. The molecule has 0 spiro atoms. The first-order chi connectivity index (χ1) is 16.7. The molecule has 2 N–H and O–H groups in total. The number of aliphatic hydroxyl groups excluding tert-OH is 1. The quantitative estimate of drug-likeness (QED) is 0.493. The minimum Gasteiger partial charge on any atom is -0.481 e. The van der Waals surface area contributed by atoms with Crippen LogP contribution in [-0.4, -0.2) is 46.8 Å². The van der Waals surface area contributed by atoms with Crippen molar-refractivity contribution in [2.75, 3.05) is 24.6 Å². The van der Waals surface area contributed by atoms with Gasteiger partial charge in [-0.3, -0.25) is 9.69 Å². The van der Waals surface area contributed by atoms with Crippen molar-refractivity contribution in [3.63, 3.8) is 0 Å². The highest BCUT2D eigenvalue weighted by atomic mass is 16.4. The summed E-state index contributed by atoms with van der Waals surface area (Å²) < 4.78 is 0. The zero-order valence-corrected chi connectivity index (χ0v) is 21.5. The Morgan fingerprint density at radius 3 is 2.23 bits per heavy atom. The van der Waals surface area contributed by atoms with Gasteiger partial charge in [0.05, 0.1) is 18.6 Å². The lowest BCUT2D eigenvalue weighted by atomic mass is 9.53. The summed E-state index contributed by atoms with van der Waals surface area (Å²) in [7, 11) is 0. The maximum Gasteiger partial charge on any atom is 0.324 e. The number of nitrogens with zero attached hydrogens (tertiary/aromatic N) is 2. The molecule has 6 nitrogen and oxygen atoms in total. The van der Waals surface area contributed by atoms with Crippen LogP contribution in [0.4, 0.5) is 10.5 Å². The largest absolute Gasteiger partial charge is 0.481 e. The van der Waals surface area contributed by atoms with Crippen molar-refractivity contribution in [1.82, 2.24) is 4.90 Å². The number of hydrogen-bond acceptors (Lipinski definition) is 3. The summed E-state index contributed by atoms with van der Waals surface area (Å²) in [6.45, 7) is 9.13. The number of aliphatic hydroxyl groups is 1. The molecular formula is C29H40N2O4. The van der Waals surface area contributed by atoms with Crippen molar-refractivity contribution in [2.24, 2.45) is 10.8 Å². The van der Waals surface area contributed by atoms with E-state index in [0.29, 0.717) is 19.5 Å². The molecular weight excluding hydrogens is 440 g/mol. The molecule has 2 amide bonds. The molecule has 1 aliphatic rings. The van der Waals surface area contributed by atoms with Crippen LogP contribution < -0.4 is 4.90 Å². The Morgan fingerprint density at radius 1 is 1.03 bits per heavy atom. The van der Waals surface area contributed by atoms with Gasteiger partial charge in [-0.25, -0.2) is 4.79 Å². The van der Waals surface area contributed by atoms with E-state index >= 15 is 0 Å². The lowest BCUT2D eigenvalue weighted by Crippen LogP contribution is -2.49. The van der Waals surface area contributed by atoms with Gasteiger partial charge in [0, 0.05) is 24.7 Å². The Kier molecular flexibility index (Phi) is 8.60. The van der Waals surface area contributed by atoms with Gasteiger partial charge in [0.1, 0.15) is 0 Å². The zero-order chi connectivity index (χ0) is 25.6. The van der Waals surface area contributed by atoms with Gasteiger partial charge < -0.3 is 15.1 Å². The molecule has 2 aromatic rings. The molecule has 6 heteroatoms. The van der Waals surface area contributed by atoms with E-state index in [2.05, 4.69) is 0 Å². The molecule has 0 heterocycles. The van der Waals surface area contributed by atoms with Crippen LogP contribution >= 0.6 is 0 Å². The fourth-order valence-corrected chi connectivity index (χ4v) is 5.69. The summed E-state index contributed by atoms with van der Waals surface area (Å²) in [5.74, 6) is -0.752. The highest BCUT2D eigenvalue weighted by Crippen LogP contribution is 2.57. The van der Waals surface area contributed by atoms with Crippen molar-refractivity contribution in [1.29, 1.82) is 0 Å². The van der Waals surface area contributed by atoms with Crippen LogP contribution in [0.1, 0.15) is 70.4 Å². The number of carboxylic acid groups (broad SMARTS) is 1. The molecule has 0 saturated heterocycles. The molecule has 0 aromatic heterocycles. The normalized spacial score (nSPS) is 20.3. The highest BCUT2D eigenvalue weighted by molar-refractivity contribution is 5.92. The number of urea groups is 1. The van der Waals surface area contributed by atoms with Gasteiger partial charge in [-0.15, -0.1) is 0 Å². The number of para-hydroxylation sites is 1. The van der Waals surface area contributed by atoms with Crippen LogP contribution in [0.2, 0.25) is 0 Å². The fourth-order valence-electron chi connectivity index (χ4n) is 5.69. The Hall–Kier alpha value is -2.86. The first kappa shape index (κ1) is 26.7. The van der Waals surface area contributed by atoms with Gasteiger partial charge in [-0.1, -0.05) is 76.1 Å². The number of benzene rings is 2. The van der Waals surface area contributed by atoms with E-state index in [1.54, 1.807) is 9.80 Å². The summed E-state index contributed by atoms with van der Waals surface area (Å²) in [6.07, 6.45) is 3.52. The number of likely N-dealkylation sites (N-methyl/N-ethyl adjacent to an activating group) is 1. The summed E-state index contributed by atoms with van der Waals surface area (Å²) in [5, 5.41) is 19.8. The number of carbonyl (C=O) groups excluding carboxylic acids is 1. The molecule has 1 aliphatic carbocycles. The van der Waals surface area contributed by atoms with E-state index < -0.39 is 11.4 Å². The van der Waals surface area contributed by atoms with Crippen molar-refractivity contribution < 1.29 is 19.8 Å². The third-order valence-electron chi connectivity index (χ3n) is 7.67. The number of hydrogen-bond donors (Lipinski definition) is 2. The van der Waals surface area contributed by atoms with Gasteiger partial charge in [0.25, 0.3) is 0 Å². The summed E-state index contributed by atoms with van der Waals surface area (Å²) >= 11 is 0. The highest BCUT2D eigenvalue weighted by Gasteiger charge is 2.55. The van der Waals surface area contributed by atoms with E-state index in [9.17, 15) is 19.8 Å². The molecule has 190 valence electrons. The van der Waals surface area contributed by atoms with Crippen molar-refractivity contribution in [3.05, 3.63) is 65.7 Å². The van der Waals surface area contributed by atoms with E-state index in [1.165, 1.54) is 0 Å². The molecule has 0 aliphatic heterocycles. The third-order valence-corrected chi connectivity index (χ3v) is 7.67. The second-order valence-corrected chi connectivity index (χ2v) is 10.6. The molecule has 1 saturated carbocycles. The van der Waals surface area contributed by atoms with Crippen molar-refractivity contribution >= 4 is 17.7 Å². The fraction of sp³-hybridized carbons (Fsp3) is 0.517. The van der Waals surface area contributed by atoms with Crippen LogP contribution in [0.5, 0.6) is 0 Å². The monoisotopic (exact) mass is 480 g/mol. The van der Waals surface area contributed by atoms with Crippen molar-refractivity contribution in [2.45, 2.75) is 65.8 Å². The van der Waals surface area contributed by atoms with Crippen LogP contribution in [-0.2, 0) is 11.3 Å². The Morgan fingerprint density at radius 2 is 1.69 bits per heavy atom. The minimum absolute atomic E-state index is 0.0465. The van der Waals surface area contributed by atoms with Crippen LogP contribution in [0.3, 0.4) is 0 Å². The smallest absolute Gasteiger partial charge is 0.324 e. The molecule has 3 rings (SSSR count). The second kappa shape index (κ2) is 11.3. The van der Waals surface area contributed by atoms with E-state index in [0.717, 1.165) is 36.1 Å². The second-order valence-electron chi connectivity index (χ2n) is 10.6. The maximum atomic E-state index is 13.3. The molecule has 0 radical (unpaired) electrons. The average molecular weight is 481 g/mol. The number of aliphatic carboxylic acids is 1. The predicted molar refractivity (Wildman–Crippen MR) is 140 cm³/mol. The third kappa shape index (κ3) is 5.53. The first-order valence-corrected chi connectivity index (χ1v) is 12.7. The van der Waals surface area contributed by atoms with E-state index in [4.69, 9.17) is 0 Å². The van der Waals surface area contributed by atoms with Gasteiger partial charge >= 0.3 is 12.0 Å². The number of amides is 2. The van der Waals surface area contributed by atoms with E-state index in [-0.39, 0.29) is 30.5 Å². The standard InChI is InChI=1S/C29H40N2O4/c1-5-30(19-20-32)27(35)31(24-11-7-6-8-12-24)21-22-14-16-23(17-15-22)25-13-9-10-18-29(25,26(33)34)28(2,3)4/h6-8,11-12,14-17,25,32H,5,9-10,13,18-21H2,1-4H3,(H,33,34)/t25-,29+/m1/s1. The lowest BCUT2D eigenvalue weighted by molar-refractivity contribution is -0.162. The Labute approximate surface area is 209 Å². The SMILES string of the molecule is CCN(CCO)C(=O)N(Cc1ccc([C@H]2CCCC[C@]2(C(=O)O)C(C)(C)C)cc1)c1ccccc1. The van der Waals surface area contributed by atoms with Gasteiger partial charge in [-0.05, 0) is 48.4 Å². The first-order valence-electron chi connectivity index (χ1n) is 12.7. The average Bonchev–Trinajstić information content (AvgIpc) is 2.85.